The number of carbonyl (C=O) groups is 1. The molecule has 1 aromatic heterocycles. The highest BCUT2D eigenvalue weighted by molar-refractivity contribution is 5.91. The molecular formula is C19H23N3O. The van der Waals surface area contributed by atoms with E-state index in [1.54, 1.807) is 0 Å². The number of pyridine rings is 1. The molecule has 1 aromatic carbocycles. The Balaban J connectivity index is 1.58. The Bertz CT molecular complexity index is 639. The second-order valence-electron chi connectivity index (χ2n) is 6.31. The van der Waals surface area contributed by atoms with Crippen LogP contribution >= 0.6 is 0 Å². The quantitative estimate of drug-likeness (QED) is 0.940. The van der Waals surface area contributed by atoms with Crippen LogP contribution in [0.1, 0.15) is 25.3 Å². The average Bonchev–Trinajstić information content (AvgIpc) is 2.56. The average molecular weight is 309 g/mol. The van der Waals surface area contributed by atoms with E-state index in [0.717, 1.165) is 30.3 Å². The number of nitrogens with zero attached hydrogens (tertiary/aromatic N) is 2. The maximum Gasteiger partial charge on any atom is 0.229 e. The van der Waals surface area contributed by atoms with Gasteiger partial charge in [0, 0.05) is 13.1 Å². The van der Waals surface area contributed by atoms with E-state index in [9.17, 15) is 4.79 Å². The van der Waals surface area contributed by atoms with Gasteiger partial charge < -0.3 is 10.2 Å². The van der Waals surface area contributed by atoms with Gasteiger partial charge in [0.25, 0.3) is 0 Å². The third kappa shape index (κ3) is 4.31. The summed E-state index contributed by atoms with van der Waals surface area (Å²) in [6.07, 6.45) is 4.76. The van der Waals surface area contributed by atoms with Gasteiger partial charge in [0.05, 0.1) is 18.3 Å². The first kappa shape index (κ1) is 15.5. The van der Waals surface area contributed by atoms with Crippen LogP contribution in [0.5, 0.6) is 0 Å². The van der Waals surface area contributed by atoms with E-state index in [1.165, 1.54) is 12.8 Å². The molecule has 1 amide bonds. The first-order valence-electron chi connectivity index (χ1n) is 8.25. The lowest BCUT2D eigenvalue weighted by Crippen LogP contribution is -2.34. The minimum absolute atomic E-state index is 0.0388. The predicted octanol–water partition coefficient (Wildman–Crippen LogP) is 3.50. The predicted molar refractivity (Wildman–Crippen MR) is 93.6 cm³/mol. The molecule has 0 radical (unpaired) electrons. The van der Waals surface area contributed by atoms with Gasteiger partial charge in [-0.2, -0.15) is 0 Å². The molecule has 4 heteroatoms. The lowest BCUT2D eigenvalue weighted by molar-refractivity contribution is -0.115. The Morgan fingerprint density at radius 3 is 2.78 bits per heavy atom. The van der Waals surface area contributed by atoms with Crippen LogP contribution in [-0.2, 0) is 11.2 Å². The van der Waals surface area contributed by atoms with Crippen LogP contribution in [-0.4, -0.2) is 24.0 Å². The number of aromatic nitrogens is 1. The number of rotatable bonds is 4. The molecule has 1 aliphatic rings. The van der Waals surface area contributed by atoms with Gasteiger partial charge in [0.1, 0.15) is 5.82 Å². The highest BCUT2D eigenvalue weighted by Crippen LogP contribution is 2.23. The first-order valence-corrected chi connectivity index (χ1v) is 8.25. The summed E-state index contributed by atoms with van der Waals surface area (Å²) in [6, 6.07) is 13.7. The van der Waals surface area contributed by atoms with Crippen molar-refractivity contribution in [2.75, 3.05) is 23.3 Å². The molecule has 1 aliphatic heterocycles. The van der Waals surface area contributed by atoms with Crippen LogP contribution < -0.4 is 10.2 Å². The Hall–Kier alpha value is -2.36. The van der Waals surface area contributed by atoms with E-state index < -0.39 is 0 Å². The molecule has 0 spiro atoms. The molecule has 4 nitrogen and oxygen atoms in total. The van der Waals surface area contributed by atoms with Crippen LogP contribution in [0.15, 0.2) is 48.7 Å². The number of benzene rings is 1. The van der Waals surface area contributed by atoms with E-state index in [4.69, 9.17) is 0 Å². The normalized spacial score (nSPS) is 17.8. The summed E-state index contributed by atoms with van der Waals surface area (Å²) in [5.74, 6) is 1.30. The SMILES string of the molecule is CC1CCCN(c2ccc(NC(=O)Cc3ccccc3)nc2)C1. The third-order valence-corrected chi connectivity index (χ3v) is 4.25. The topological polar surface area (TPSA) is 45.2 Å². The molecule has 120 valence electrons. The fourth-order valence-corrected chi connectivity index (χ4v) is 3.04. The Kier molecular flexibility index (Phi) is 4.91. The smallest absolute Gasteiger partial charge is 0.229 e. The van der Waals surface area contributed by atoms with E-state index in [-0.39, 0.29) is 5.91 Å². The zero-order valence-electron chi connectivity index (χ0n) is 13.5. The number of anilines is 2. The van der Waals surface area contributed by atoms with E-state index in [1.807, 2.05) is 48.7 Å². The van der Waals surface area contributed by atoms with Gasteiger partial charge in [-0.1, -0.05) is 37.3 Å². The monoisotopic (exact) mass is 309 g/mol. The summed E-state index contributed by atoms with van der Waals surface area (Å²) in [6.45, 7) is 4.46. The second kappa shape index (κ2) is 7.27. The van der Waals surface area contributed by atoms with Gasteiger partial charge in [-0.3, -0.25) is 4.79 Å². The van der Waals surface area contributed by atoms with E-state index >= 15 is 0 Å². The highest BCUT2D eigenvalue weighted by Gasteiger charge is 2.16. The van der Waals surface area contributed by atoms with E-state index in [2.05, 4.69) is 22.1 Å². The van der Waals surface area contributed by atoms with E-state index in [0.29, 0.717) is 12.2 Å². The number of nitrogens with one attached hydrogen (secondary N) is 1. The summed E-state index contributed by atoms with van der Waals surface area (Å²) < 4.78 is 0. The van der Waals surface area contributed by atoms with Crippen LogP contribution in [0.3, 0.4) is 0 Å². The van der Waals surface area contributed by atoms with Gasteiger partial charge in [0.15, 0.2) is 0 Å². The van der Waals surface area contributed by atoms with Crippen LogP contribution in [0.2, 0.25) is 0 Å². The molecule has 0 aliphatic carbocycles. The van der Waals surface area contributed by atoms with Gasteiger partial charge in [-0.05, 0) is 36.5 Å². The van der Waals surface area contributed by atoms with Crippen molar-refractivity contribution in [2.24, 2.45) is 5.92 Å². The molecule has 3 rings (SSSR count). The number of hydrogen-bond acceptors (Lipinski definition) is 3. The number of amides is 1. The minimum atomic E-state index is -0.0388. The molecule has 1 N–H and O–H groups in total. The van der Waals surface area contributed by atoms with Crippen molar-refractivity contribution < 1.29 is 4.79 Å². The van der Waals surface area contributed by atoms with Crippen molar-refractivity contribution in [1.82, 2.24) is 4.98 Å². The molecule has 1 atom stereocenters. The maximum absolute atomic E-state index is 12.0. The van der Waals surface area contributed by atoms with Crippen molar-refractivity contribution >= 4 is 17.4 Å². The van der Waals surface area contributed by atoms with Gasteiger partial charge in [-0.15, -0.1) is 0 Å². The standard InChI is InChI=1S/C19H23N3O/c1-15-6-5-11-22(14-15)17-9-10-18(20-13-17)21-19(23)12-16-7-3-2-4-8-16/h2-4,7-10,13,15H,5-6,11-12,14H2,1H3,(H,20,21,23). The zero-order chi connectivity index (χ0) is 16.1. The molecular weight excluding hydrogens is 286 g/mol. The summed E-state index contributed by atoms with van der Waals surface area (Å²) in [5.41, 5.74) is 2.14. The number of hydrogen-bond donors (Lipinski definition) is 1. The second-order valence-corrected chi connectivity index (χ2v) is 6.31. The van der Waals surface area contributed by atoms with Crippen molar-refractivity contribution in [1.29, 1.82) is 0 Å². The van der Waals surface area contributed by atoms with Gasteiger partial charge >= 0.3 is 0 Å². The van der Waals surface area contributed by atoms with Crippen molar-refractivity contribution in [2.45, 2.75) is 26.2 Å². The van der Waals surface area contributed by atoms with Crippen molar-refractivity contribution in [3.8, 4) is 0 Å². The Morgan fingerprint density at radius 1 is 1.26 bits per heavy atom. The molecule has 0 saturated carbocycles. The molecule has 1 fully saturated rings. The first-order chi connectivity index (χ1) is 11.2. The van der Waals surface area contributed by atoms with Crippen LogP contribution in [0.4, 0.5) is 11.5 Å². The lowest BCUT2D eigenvalue weighted by atomic mass is 10.00. The molecule has 1 saturated heterocycles. The molecule has 0 bridgehead atoms. The fraction of sp³-hybridized carbons (Fsp3) is 0.368. The maximum atomic E-state index is 12.0. The zero-order valence-corrected chi connectivity index (χ0v) is 13.5. The van der Waals surface area contributed by atoms with Crippen LogP contribution in [0.25, 0.3) is 0 Å². The minimum Gasteiger partial charge on any atom is -0.370 e. The molecule has 2 aromatic rings. The van der Waals surface area contributed by atoms with Crippen molar-refractivity contribution in [3.63, 3.8) is 0 Å². The van der Waals surface area contributed by atoms with Gasteiger partial charge in [-0.25, -0.2) is 4.98 Å². The third-order valence-electron chi connectivity index (χ3n) is 4.25. The lowest BCUT2D eigenvalue weighted by Gasteiger charge is -2.32. The Labute approximate surface area is 137 Å². The molecule has 23 heavy (non-hydrogen) atoms. The van der Waals surface area contributed by atoms with Crippen molar-refractivity contribution in [3.05, 3.63) is 54.2 Å². The molecule has 2 heterocycles. The summed E-state index contributed by atoms with van der Waals surface area (Å²) in [7, 11) is 0. The number of carbonyl (C=O) groups excluding carboxylic acids is 1. The summed E-state index contributed by atoms with van der Waals surface area (Å²) >= 11 is 0. The van der Waals surface area contributed by atoms with Gasteiger partial charge in [0.2, 0.25) is 5.91 Å². The summed E-state index contributed by atoms with van der Waals surface area (Å²) in [4.78, 5) is 18.8. The highest BCUT2D eigenvalue weighted by atomic mass is 16.1. The van der Waals surface area contributed by atoms with Crippen LogP contribution in [0, 0.1) is 5.92 Å². The largest absolute Gasteiger partial charge is 0.370 e. The fourth-order valence-electron chi connectivity index (χ4n) is 3.04. The number of piperidine rings is 1. The Morgan fingerprint density at radius 2 is 2.09 bits per heavy atom. The summed E-state index contributed by atoms with van der Waals surface area (Å²) in [5, 5.41) is 2.86. The molecule has 1 unspecified atom stereocenters.